The van der Waals surface area contributed by atoms with Crippen LogP contribution in [0.15, 0.2) is 5.57 Å². The fourth-order valence-corrected chi connectivity index (χ4v) is 0.660. The SMILES string of the molecule is S=C=C1CCC1. The second-order valence-electron chi connectivity index (χ2n) is 1.56. The highest BCUT2D eigenvalue weighted by molar-refractivity contribution is 7.78. The molecule has 1 heteroatoms. The molecule has 0 N–H and O–H groups in total. The molecule has 0 nitrogen and oxygen atoms in total. The van der Waals surface area contributed by atoms with Crippen LogP contribution in [0.5, 0.6) is 0 Å². The van der Waals surface area contributed by atoms with Crippen molar-refractivity contribution < 1.29 is 0 Å². The molecule has 6 heavy (non-hydrogen) atoms. The van der Waals surface area contributed by atoms with Crippen molar-refractivity contribution >= 4 is 17.2 Å². The third-order valence-corrected chi connectivity index (χ3v) is 1.39. The zero-order valence-electron chi connectivity index (χ0n) is 3.53. The smallest absolute Gasteiger partial charge is 0.0167 e. The van der Waals surface area contributed by atoms with E-state index in [2.05, 4.69) is 17.2 Å². The number of hydrogen-bond donors (Lipinski definition) is 0. The predicted octanol–water partition coefficient (Wildman–Crippen LogP) is 1.70. The van der Waals surface area contributed by atoms with Gasteiger partial charge in [-0.1, -0.05) is 0 Å². The van der Waals surface area contributed by atoms with Gasteiger partial charge in [-0.15, -0.1) is 0 Å². The van der Waals surface area contributed by atoms with Gasteiger partial charge in [0.25, 0.3) is 0 Å². The van der Waals surface area contributed by atoms with Gasteiger partial charge in [0.1, 0.15) is 0 Å². The van der Waals surface area contributed by atoms with Gasteiger partial charge in [-0.2, -0.15) is 0 Å². The Hall–Kier alpha value is -0.130. The van der Waals surface area contributed by atoms with Gasteiger partial charge in [-0.05, 0) is 42.1 Å². The van der Waals surface area contributed by atoms with Crippen LogP contribution in [0.2, 0.25) is 0 Å². The molecule has 32 valence electrons. The second-order valence-corrected chi connectivity index (χ2v) is 1.76. The Balaban J connectivity index is 2.55. The zero-order valence-corrected chi connectivity index (χ0v) is 4.35. The molecule has 0 radical (unpaired) electrons. The summed E-state index contributed by atoms with van der Waals surface area (Å²) in [4.78, 5) is 0. The molecular formula is C5H6S. The average Bonchev–Trinajstić information content (AvgIpc) is 1.31. The van der Waals surface area contributed by atoms with Crippen LogP contribution in [0.1, 0.15) is 19.3 Å². The Kier molecular flexibility index (Phi) is 1.04. The van der Waals surface area contributed by atoms with E-state index < -0.39 is 0 Å². The first-order chi connectivity index (χ1) is 2.93. The van der Waals surface area contributed by atoms with E-state index in [1.54, 1.807) is 0 Å². The Morgan fingerprint density at radius 2 is 2.17 bits per heavy atom. The first-order valence-corrected chi connectivity index (χ1v) is 2.57. The molecule has 0 amide bonds. The third kappa shape index (κ3) is 0.515. The Bertz CT molecular complexity index is 92.5. The fraction of sp³-hybridized carbons (Fsp3) is 0.600. The van der Waals surface area contributed by atoms with E-state index in [1.165, 1.54) is 24.8 Å². The molecule has 0 aliphatic heterocycles. The lowest BCUT2D eigenvalue weighted by atomic mass is 9.95. The number of thiocarbonyl (C=S) groups is 1. The first-order valence-electron chi connectivity index (χ1n) is 2.16. The van der Waals surface area contributed by atoms with E-state index in [4.69, 9.17) is 0 Å². The van der Waals surface area contributed by atoms with Gasteiger partial charge < -0.3 is 0 Å². The normalized spacial score (nSPS) is 19.0. The summed E-state index contributed by atoms with van der Waals surface area (Å²) >= 11 is 4.54. The van der Waals surface area contributed by atoms with Crippen LogP contribution in [0.3, 0.4) is 0 Å². The highest BCUT2D eigenvalue weighted by atomic mass is 32.1. The molecule has 1 fully saturated rings. The van der Waals surface area contributed by atoms with Crippen LogP contribution < -0.4 is 0 Å². The molecule has 0 aromatic carbocycles. The highest BCUT2D eigenvalue weighted by Gasteiger charge is 2.05. The maximum Gasteiger partial charge on any atom is -0.0167 e. The Morgan fingerprint density at radius 3 is 2.17 bits per heavy atom. The standard InChI is InChI=1S/C5H6S/c6-4-5-2-1-3-5/h1-3H2. The lowest BCUT2D eigenvalue weighted by molar-refractivity contribution is 0.675. The summed E-state index contributed by atoms with van der Waals surface area (Å²) in [7, 11) is 0. The van der Waals surface area contributed by atoms with Gasteiger partial charge in [0.05, 0.1) is 0 Å². The van der Waals surface area contributed by atoms with E-state index in [0.29, 0.717) is 0 Å². The second kappa shape index (κ2) is 1.55. The number of rotatable bonds is 0. The van der Waals surface area contributed by atoms with Crippen molar-refractivity contribution in [2.45, 2.75) is 19.3 Å². The summed E-state index contributed by atoms with van der Waals surface area (Å²) in [5.74, 6) is 0. The maximum absolute atomic E-state index is 4.54. The van der Waals surface area contributed by atoms with E-state index in [-0.39, 0.29) is 0 Å². The van der Waals surface area contributed by atoms with Gasteiger partial charge in [0.2, 0.25) is 0 Å². The molecule has 1 aliphatic rings. The summed E-state index contributed by atoms with van der Waals surface area (Å²) in [6, 6.07) is 0. The van der Waals surface area contributed by atoms with Crippen molar-refractivity contribution in [3.8, 4) is 0 Å². The molecule has 0 aromatic rings. The minimum atomic E-state index is 1.21. The topological polar surface area (TPSA) is 0 Å². The molecule has 0 spiro atoms. The van der Waals surface area contributed by atoms with Crippen LogP contribution in [0, 0.1) is 0 Å². The van der Waals surface area contributed by atoms with E-state index >= 15 is 0 Å². The molecule has 0 unspecified atom stereocenters. The summed E-state index contributed by atoms with van der Waals surface area (Å²) in [6.45, 7) is 0. The van der Waals surface area contributed by atoms with Gasteiger partial charge >= 0.3 is 0 Å². The van der Waals surface area contributed by atoms with Crippen molar-refractivity contribution in [2.75, 3.05) is 0 Å². The highest BCUT2D eigenvalue weighted by Crippen LogP contribution is 2.21. The van der Waals surface area contributed by atoms with Crippen molar-refractivity contribution in [3.05, 3.63) is 5.57 Å². The zero-order chi connectivity index (χ0) is 4.41. The maximum atomic E-state index is 4.54. The molecule has 1 rings (SSSR count). The van der Waals surface area contributed by atoms with E-state index in [0.717, 1.165) is 0 Å². The molecule has 0 aromatic heterocycles. The number of hydrogen-bond acceptors (Lipinski definition) is 1. The van der Waals surface area contributed by atoms with Gasteiger partial charge in [-0.25, -0.2) is 0 Å². The molecule has 1 aliphatic carbocycles. The van der Waals surface area contributed by atoms with Crippen LogP contribution in [0.4, 0.5) is 0 Å². The summed E-state index contributed by atoms with van der Waals surface area (Å²) in [5.41, 5.74) is 1.34. The monoisotopic (exact) mass is 98.0 g/mol. The lowest BCUT2D eigenvalue weighted by Gasteiger charge is -2.10. The lowest BCUT2D eigenvalue weighted by Crippen LogP contribution is -1.95. The van der Waals surface area contributed by atoms with Crippen molar-refractivity contribution in [1.29, 1.82) is 0 Å². The number of allylic oxidation sites excluding steroid dienone is 1. The van der Waals surface area contributed by atoms with Crippen molar-refractivity contribution in [3.63, 3.8) is 0 Å². The largest absolute Gasteiger partial charge is 0.0469 e. The molecule has 0 bridgehead atoms. The Labute approximate surface area is 42.9 Å². The minimum Gasteiger partial charge on any atom is -0.0469 e. The van der Waals surface area contributed by atoms with Gasteiger partial charge in [0, 0.05) is 0 Å². The molecule has 0 saturated heterocycles. The molecule has 0 atom stereocenters. The molecule has 0 heterocycles. The van der Waals surface area contributed by atoms with Gasteiger partial charge in [-0.3, -0.25) is 0 Å². The Morgan fingerprint density at radius 1 is 1.50 bits per heavy atom. The van der Waals surface area contributed by atoms with Crippen LogP contribution in [-0.4, -0.2) is 5.02 Å². The van der Waals surface area contributed by atoms with Crippen molar-refractivity contribution in [2.24, 2.45) is 0 Å². The van der Waals surface area contributed by atoms with Gasteiger partial charge in [0.15, 0.2) is 0 Å². The minimum absolute atomic E-state index is 1.21. The molecular weight excluding hydrogens is 92.1 g/mol. The van der Waals surface area contributed by atoms with Crippen LogP contribution in [-0.2, 0) is 0 Å². The third-order valence-electron chi connectivity index (χ3n) is 1.10. The average molecular weight is 98.2 g/mol. The van der Waals surface area contributed by atoms with E-state index in [9.17, 15) is 0 Å². The first kappa shape index (κ1) is 4.04. The summed E-state index contributed by atoms with van der Waals surface area (Å²) in [5, 5.41) is 2.70. The summed E-state index contributed by atoms with van der Waals surface area (Å²) in [6.07, 6.45) is 3.76. The quantitative estimate of drug-likeness (QED) is 0.415. The van der Waals surface area contributed by atoms with Crippen molar-refractivity contribution in [1.82, 2.24) is 0 Å². The predicted molar refractivity (Wildman–Crippen MR) is 30.0 cm³/mol. The summed E-state index contributed by atoms with van der Waals surface area (Å²) < 4.78 is 0. The van der Waals surface area contributed by atoms with Crippen LogP contribution in [0.25, 0.3) is 0 Å². The van der Waals surface area contributed by atoms with E-state index in [1.807, 2.05) is 0 Å². The molecule has 1 saturated carbocycles. The fourth-order valence-electron chi connectivity index (χ4n) is 0.456. The van der Waals surface area contributed by atoms with Crippen LogP contribution >= 0.6 is 12.2 Å².